The molecule has 0 saturated carbocycles. The molecule has 0 aliphatic carbocycles. The van der Waals surface area contributed by atoms with Crippen molar-refractivity contribution in [3.05, 3.63) is 46.1 Å². The Hall–Kier alpha value is -5.61. The van der Waals surface area contributed by atoms with E-state index in [1.165, 1.54) is 33.0 Å². The highest BCUT2D eigenvalue weighted by Crippen LogP contribution is 2.28. The van der Waals surface area contributed by atoms with E-state index in [-0.39, 0.29) is 51.4 Å². The number of hydrogen-bond donors (Lipinski definition) is 1. The molecule has 19 nitrogen and oxygen atoms in total. The second-order valence-electron chi connectivity index (χ2n) is 11.8. The van der Waals surface area contributed by atoms with Crippen molar-refractivity contribution in [3.8, 4) is 0 Å². The van der Waals surface area contributed by atoms with Crippen molar-refractivity contribution in [2.75, 3.05) is 66.9 Å². The van der Waals surface area contributed by atoms with Crippen LogP contribution in [0.5, 0.6) is 0 Å². The highest BCUT2D eigenvalue weighted by atomic mass is 32.2. The maximum Gasteiger partial charge on any atom is 0.283 e. The van der Waals surface area contributed by atoms with E-state index in [1.54, 1.807) is 41.4 Å². The summed E-state index contributed by atoms with van der Waals surface area (Å²) in [6, 6.07) is 1.89. The van der Waals surface area contributed by atoms with Crippen molar-refractivity contribution in [1.29, 1.82) is 0 Å². The summed E-state index contributed by atoms with van der Waals surface area (Å²) in [4.78, 5) is 88.0. The van der Waals surface area contributed by atoms with E-state index in [4.69, 9.17) is 0 Å². The molecule has 0 aromatic carbocycles. The van der Waals surface area contributed by atoms with E-state index < -0.39 is 15.7 Å². The number of amides is 4. The number of nitrogens with zero attached hydrogens (tertiary/aromatic N) is 12. The molecule has 6 rings (SSSR count). The molecule has 272 valence electrons. The standard InChI is InChI=1S/C18H18N8O2S.C12H15N5O4S2/c1-25(2)13(27)8-26(3)18(28)17-24-14-15(21-9-22-16(14)29-17)23-12-4-10-5-19-6-11(10)7-20-12;1-16(2)7(18)5-17(3)12(19)10-15-8-9(22-10)13-6-14-11(8)23(4,20)21/h4-5,7,9H,6,8H2,1-3H3,(H,20,21,22,23);6H,5H2,1-4H3. The maximum absolute atomic E-state index is 12.7. The fourth-order valence-corrected chi connectivity index (χ4v) is 6.98. The van der Waals surface area contributed by atoms with E-state index >= 15 is 0 Å². The normalized spacial score (nSPS) is 11.8. The molecule has 1 aliphatic heterocycles. The summed E-state index contributed by atoms with van der Waals surface area (Å²) in [6.07, 6.45) is 7.12. The van der Waals surface area contributed by atoms with E-state index in [9.17, 15) is 27.6 Å². The Bertz CT molecular complexity index is 2340. The third-order valence-corrected chi connectivity index (χ3v) is 10.2. The minimum Gasteiger partial charge on any atom is -0.347 e. The van der Waals surface area contributed by atoms with Gasteiger partial charge in [0.05, 0.1) is 19.6 Å². The molecule has 0 spiro atoms. The van der Waals surface area contributed by atoms with Crippen LogP contribution in [0.3, 0.4) is 0 Å². The first-order valence-corrected chi connectivity index (χ1v) is 18.7. The van der Waals surface area contributed by atoms with Crippen molar-refractivity contribution >= 4 is 94.7 Å². The number of carbonyl (C=O) groups is 4. The lowest BCUT2D eigenvalue weighted by Gasteiger charge is -2.17. The Labute approximate surface area is 305 Å². The average Bonchev–Trinajstić information content (AvgIpc) is 3.85. The molecule has 0 bridgehead atoms. The Balaban J connectivity index is 0.000000207. The number of sulfone groups is 1. The summed E-state index contributed by atoms with van der Waals surface area (Å²) in [7, 11) is 5.92. The Morgan fingerprint density at radius 3 is 1.87 bits per heavy atom. The van der Waals surface area contributed by atoms with Gasteiger partial charge in [-0.3, -0.25) is 24.2 Å². The second-order valence-corrected chi connectivity index (χ2v) is 15.7. The van der Waals surface area contributed by atoms with Gasteiger partial charge in [0.25, 0.3) is 11.8 Å². The van der Waals surface area contributed by atoms with Gasteiger partial charge in [-0.25, -0.2) is 43.3 Å². The molecule has 4 amide bonds. The quantitative estimate of drug-likeness (QED) is 0.206. The summed E-state index contributed by atoms with van der Waals surface area (Å²) in [6.45, 7) is 0.507. The smallest absolute Gasteiger partial charge is 0.283 e. The van der Waals surface area contributed by atoms with Crippen molar-refractivity contribution in [2.24, 2.45) is 4.99 Å². The first kappa shape index (κ1) is 37.6. The van der Waals surface area contributed by atoms with Crippen LogP contribution in [0.2, 0.25) is 0 Å². The minimum atomic E-state index is -3.58. The maximum atomic E-state index is 12.7. The van der Waals surface area contributed by atoms with Crippen LogP contribution in [-0.4, -0.2) is 154 Å². The Kier molecular flexibility index (Phi) is 11.1. The molecule has 52 heavy (non-hydrogen) atoms. The van der Waals surface area contributed by atoms with Crippen LogP contribution in [0.4, 0.5) is 11.6 Å². The molecule has 22 heteroatoms. The highest BCUT2D eigenvalue weighted by molar-refractivity contribution is 7.90. The van der Waals surface area contributed by atoms with Gasteiger partial charge >= 0.3 is 0 Å². The molecule has 5 aromatic heterocycles. The van der Waals surface area contributed by atoms with Crippen LogP contribution in [0, 0.1) is 0 Å². The lowest BCUT2D eigenvalue weighted by Crippen LogP contribution is -2.37. The molecule has 0 unspecified atom stereocenters. The van der Waals surface area contributed by atoms with Gasteiger partial charge < -0.3 is 24.9 Å². The van der Waals surface area contributed by atoms with Gasteiger partial charge in [-0.05, 0) is 6.07 Å². The van der Waals surface area contributed by atoms with Gasteiger partial charge in [0.15, 0.2) is 30.7 Å². The number of hydrogen-bond acceptors (Lipinski definition) is 17. The monoisotopic (exact) mass is 767 g/mol. The first-order valence-electron chi connectivity index (χ1n) is 15.1. The number of anilines is 2. The van der Waals surface area contributed by atoms with Crippen LogP contribution >= 0.6 is 22.7 Å². The summed E-state index contributed by atoms with van der Waals surface area (Å²) in [5.74, 6) is -0.177. The average molecular weight is 768 g/mol. The van der Waals surface area contributed by atoms with Gasteiger partial charge in [-0.2, -0.15) is 0 Å². The zero-order valence-electron chi connectivity index (χ0n) is 29.0. The van der Waals surface area contributed by atoms with Gasteiger partial charge in [0.1, 0.15) is 39.2 Å². The number of likely N-dealkylation sites (N-methyl/N-ethyl adjacent to an activating group) is 4. The lowest BCUT2D eigenvalue weighted by atomic mass is 10.2. The number of rotatable bonds is 9. The number of carbonyl (C=O) groups excluding carboxylic acids is 4. The molecule has 1 N–H and O–H groups in total. The van der Waals surface area contributed by atoms with Gasteiger partial charge in [0, 0.05) is 72.1 Å². The number of nitrogens with one attached hydrogen (secondary N) is 1. The van der Waals surface area contributed by atoms with E-state index in [0.29, 0.717) is 33.4 Å². The molecule has 0 radical (unpaired) electrons. The number of fused-ring (bicyclic) bond motifs is 3. The summed E-state index contributed by atoms with van der Waals surface area (Å²) < 4.78 is 23.4. The number of aliphatic imine (C=N–C) groups is 1. The van der Waals surface area contributed by atoms with Crippen LogP contribution in [-0.2, 0) is 26.0 Å². The molecule has 5 aromatic rings. The number of aromatic nitrogens is 7. The fraction of sp³-hybridized carbons (Fsp3) is 0.333. The highest BCUT2D eigenvalue weighted by Gasteiger charge is 2.25. The fourth-order valence-electron chi connectivity index (χ4n) is 4.38. The van der Waals surface area contributed by atoms with Crippen LogP contribution in [0.25, 0.3) is 20.7 Å². The molecule has 6 heterocycles. The first-order chi connectivity index (χ1) is 24.5. The predicted octanol–water partition coefficient (Wildman–Crippen LogP) is 0.968. The van der Waals surface area contributed by atoms with Crippen molar-refractivity contribution in [3.63, 3.8) is 0 Å². The zero-order valence-corrected chi connectivity index (χ0v) is 31.5. The molecule has 1 aliphatic rings. The number of thiazole rings is 2. The third kappa shape index (κ3) is 8.46. The topological polar surface area (TPSA) is 230 Å². The lowest BCUT2D eigenvalue weighted by molar-refractivity contribution is -0.129. The van der Waals surface area contributed by atoms with E-state index in [2.05, 4.69) is 45.2 Å². The van der Waals surface area contributed by atoms with Crippen LogP contribution in [0.1, 0.15) is 30.7 Å². The van der Waals surface area contributed by atoms with Crippen molar-refractivity contribution in [2.45, 2.75) is 11.6 Å². The van der Waals surface area contributed by atoms with Gasteiger partial charge in [-0.1, -0.05) is 22.7 Å². The van der Waals surface area contributed by atoms with Crippen LogP contribution in [0.15, 0.2) is 34.9 Å². The largest absolute Gasteiger partial charge is 0.347 e. The Morgan fingerprint density at radius 2 is 1.31 bits per heavy atom. The second kappa shape index (κ2) is 15.3. The van der Waals surface area contributed by atoms with Crippen molar-refractivity contribution < 1.29 is 27.6 Å². The molecular weight excluding hydrogens is 735 g/mol. The summed E-state index contributed by atoms with van der Waals surface area (Å²) in [5.41, 5.74) is 2.62. The van der Waals surface area contributed by atoms with E-state index in [1.807, 2.05) is 12.3 Å². The Morgan fingerprint density at radius 1 is 0.769 bits per heavy atom. The van der Waals surface area contributed by atoms with Gasteiger partial charge in [-0.15, -0.1) is 0 Å². The predicted molar refractivity (Wildman–Crippen MR) is 194 cm³/mol. The van der Waals surface area contributed by atoms with Crippen molar-refractivity contribution in [1.82, 2.24) is 54.5 Å². The molecular formula is C30H33N13O6S3. The molecule has 0 fully saturated rings. The molecule has 0 atom stereocenters. The summed E-state index contributed by atoms with van der Waals surface area (Å²) in [5, 5.41) is 3.22. The van der Waals surface area contributed by atoms with Gasteiger partial charge in [0.2, 0.25) is 11.8 Å². The zero-order chi connectivity index (χ0) is 37.9. The third-order valence-electron chi connectivity index (χ3n) is 7.27. The minimum absolute atomic E-state index is 0.0286. The van der Waals surface area contributed by atoms with E-state index in [0.717, 1.165) is 46.4 Å². The molecule has 0 saturated heterocycles. The SMILES string of the molecule is CN(C)C(=O)CN(C)C(=O)c1nc2c(Nc3cc4c(cn3)CN=C4)ncnc2s1.CN(C)C(=O)CN(C)C(=O)c1nc2c(S(C)(=O)=O)ncnc2s1. The summed E-state index contributed by atoms with van der Waals surface area (Å²) >= 11 is 2.11. The van der Waals surface area contributed by atoms with Crippen LogP contribution < -0.4 is 5.32 Å². The number of pyridine rings is 1.